The Morgan fingerprint density at radius 3 is 2.53 bits per heavy atom. The van der Waals surface area contributed by atoms with Crippen molar-refractivity contribution in [3.05, 3.63) is 70.6 Å². The van der Waals surface area contributed by atoms with Crippen molar-refractivity contribution in [1.29, 1.82) is 0 Å². The standard InChI is InChI=1S/C21H21ClN4O3S/c22-17-3-1-2-4-18(17)30-13-20(27)26(10-19-24-25-21(23)29-19)9-14-5-7-15(8-6-14)16-11-28-12-16/h1-8,16H,9-13H2,(H2,23,25). The van der Waals surface area contributed by atoms with Crippen LogP contribution in [0.1, 0.15) is 22.9 Å². The number of ether oxygens (including phenoxy) is 1. The predicted octanol–water partition coefficient (Wildman–Crippen LogP) is 3.74. The number of hydrogen-bond donors (Lipinski definition) is 1. The van der Waals surface area contributed by atoms with Crippen LogP contribution < -0.4 is 5.73 Å². The minimum Gasteiger partial charge on any atom is -0.406 e. The molecule has 1 aliphatic heterocycles. The molecule has 0 aliphatic carbocycles. The second kappa shape index (κ2) is 9.51. The van der Waals surface area contributed by atoms with Gasteiger partial charge >= 0.3 is 6.01 Å². The molecule has 9 heteroatoms. The number of anilines is 1. The fourth-order valence-corrected chi connectivity index (χ4v) is 4.20. The number of thioether (sulfide) groups is 1. The molecule has 0 bridgehead atoms. The van der Waals surface area contributed by atoms with Gasteiger partial charge in [0.05, 0.1) is 30.5 Å². The Bertz CT molecular complexity index is 1010. The number of nitrogen functional groups attached to an aromatic ring is 1. The maximum absolute atomic E-state index is 13.0. The fourth-order valence-electron chi connectivity index (χ4n) is 3.06. The van der Waals surface area contributed by atoms with Crippen molar-refractivity contribution in [3.8, 4) is 0 Å². The van der Waals surface area contributed by atoms with Gasteiger partial charge in [-0.15, -0.1) is 16.9 Å². The fraction of sp³-hybridized carbons (Fsp3) is 0.286. The van der Waals surface area contributed by atoms with Gasteiger partial charge in [-0.2, -0.15) is 0 Å². The summed E-state index contributed by atoms with van der Waals surface area (Å²) in [6.45, 7) is 2.14. The average molecular weight is 445 g/mol. The summed E-state index contributed by atoms with van der Waals surface area (Å²) in [5.41, 5.74) is 7.79. The zero-order chi connectivity index (χ0) is 20.9. The van der Waals surface area contributed by atoms with Gasteiger partial charge in [-0.3, -0.25) is 4.79 Å². The van der Waals surface area contributed by atoms with Crippen LogP contribution in [0.25, 0.3) is 0 Å². The first-order chi connectivity index (χ1) is 14.6. The largest absolute Gasteiger partial charge is 0.406 e. The number of amides is 1. The van der Waals surface area contributed by atoms with Gasteiger partial charge in [0.2, 0.25) is 11.8 Å². The third-order valence-electron chi connectivity index (χ3n) is 4.81. The number of nitrogens with zero attached hydrogens (tertiary/aromatic N) is 3. The van der Waals surface area contributed by atoms with E-state index in [-0.39, 0.29) is 24.2 Å². The number of hydrogen-bond acceptors (Lipinski definition) is 7. The number of aromatic nitrogens is 2. The van der Waals surface area contributed by atoms with E-state index in [1.165, 1.54) is 17.3 Å². The first kappa shape index (κ1) is 20.7. The predicted molar refractivity (Wildman–Crippen MR) is 115 cm³/mol. The molecule has 2 heterocycles. The summed E-state index contributed by atoms with van der Waals surface area (Å²) in [6, 6.07) is 15.7. The molecular formula is C21H21ClN4O3S. The summed E-state index contributed by atoms with van der Waals surface area (Å²) in [7, 11) is 0. The first-order valence-corrected chi connectivity index (χ1v) is 10.8. The van der Waals surface area contributed by atoms with Crippen LogP contribution >= 0.6 is 23.4 Å². The quantitative estimate of drug-likeness (QED) is 0.529. The lowest BCUT2D eigenvalue weighted by atomic mass is 9.96. The summed E-state index contributed by atoms with van der Waals surface area (Å²) in [5, 5.41) is 8.19. The van der Waals surface area contributed by atoms with E-state index in [4.69, 9.17) is 26.5 Å². The molecule has 2 N–H and O–H groups in total. The molecule has 0 saturated carbocycles. The molecule has 1 fully saturated rings. The van der Waals surface area contributed by atoms with Crippen molar-refractivity contribution < 1.29 is 13.9 Å². The van der Waals surface area contributed by atoms with Crippen molar-refractivity contribution in [2.45, 2.75) is 23.9 Å². The van der Waals surface area contributed by atoms with Gasteiger partial charge in [0.25, 0.3) is 0 Å². The summed E-state index contributed by atoms with van der Waals surface area (Å²) in [4.78, 5) is 15.5. The molecule has 0 radical (unpaired) electrons. The van der Waals surface area contributed by atoms with Gasteiger partial charge in [0, 0.05) is 17.4 Å². The summed E-state index contributed by atoms with van der Waals surface area (Å²) < 4.78 is 10.5. The highest BCUT2D eigenvalue weighted by atomic mass is 35.5. The highest BCUT2D eigenvalue weighted by molar-refractivity contribution is 8.00. The molecule has 30 heavy (non-hydrogen) atoms. The molecule has 0 atom stereocenters. The molecular weight excluding hydrogens is 424 g/mol. The zero-order valence-corrected chi connectivity index (χ0v) is 17.7. The molecule has 1 aliphatic rings. The van der Waals surface area contributed by atoms with Crippen molar-refractivity contribution >= 4 is 35.3 Å². The Kier molecular flexibility index (Phi) is 6.56. The second-order valence-electron chi connectivity index (χ2n) is 6.98. The van der Waals surface area contributed by atoms with E-state index in [9.17, 15) is 4.79 Å². The molecule has 3 aromatic rings. The van der Waals surface area contributed by atoms with Gasteiger partial charge < -0.3 is 19.8 Å². The molecule has 4 rings (SSSR count). The highest BCUT2D eigenvalue weighted by Gasteiger charge is 2.21. The molecule has 1 aromatic heterocycles. The third-order valence-corrected chi connectivity index (χ3v) is 6.31. The maximum atomic E-state index is 13.0. The average Bonchev–Trinajstić information content (AvgIpc) is 3.11. The van der Waals surface area contributed by atoms with Crippen molar-refractivity contribution in [2.24, 2.45) is 0 Å². The SMILES string of the molecule is Nc1nnc(CN(Cc2ccc(C3COC3)cc2)C(=O)CSc2ccccc2Cl)o1. The normalized spacial score (nSPS) is 13.8. The van der Waals surface area contributed by atoms with Gasteiger partial charge in [0.1, 0.15) is 0 Å². The van der Waals surface area contributed by atoms with E-state index < -0.39 is 0 Å². The summed E-state index contributed by atoms with van der Waals surface area (Å²) in [6.07, 6.45) is 0. The van der Waals surface area contributed by atoms with Crippen molar-refractivity contribution in [3.63, 3.8) is 0 Å². The Hall–Kier alpha value is -2.55. The van der Waals surface area contributed by atoms with E-state index in [1.54, 1.807) is 4.90 Å². The molecule has 1 saturated heterocycles. The van der Waals surface area contributed by atoms with Gasteiger partial charge in [-0.1, -0.05) is 53.1 Å². The van der Waals surface area contributed by atoms with Crippen LogP contribution in [0.5, 0.6) is 0 Å². The lowest BCUT2D eigenvalue weighted by Gasteiger charge is -2.26. The van der Waals surface area contributed by atoms with E-state index in [0.29, 0.717) is 23.4 Å². The molecule has 0 unspecified atom stereocenters. The Morgan fingerprint density at radius 1 is 1.13 bits per heavy atom. The van der Waals surface area contributed by atoms with Crippen LogP contribution in [0.2, 0.25) is 5.02 Å². The zero-order valence-electron chi connectivity index (χ0n) is 16.2. The van der Waals surface area contributed by atoms with Crippen LogP contribution in [-0.2, 0) is 22.6 Å². The minimum absolute atomic E-state index is 0.0186. The minimum atomic E-state index is -0.0619. The van der Waals surface area contributed by atoms with E-state index in [1.807, 2.05) is 36.4 Å². The number of benzene rings is 2. The number of carbonyl (C=O) groups is 1. The van der Waals surface area contributed by atoms with E-state index in [2.05, 4.69) is 22.3 Å². The number of nitrogens with two attached hydrogens (primary N) is 1. The summed E-state index contributed by atoms with van der Waals surface area (Å²) >= 11 is 7.60. The molecule has 0 spiro atoms. The van der Waals surface area contributed by atoms with Gasteiger partial charge in [0.15, 0.2) is 0 Å². The molecule has 1 amide bonds. The molecule has 156 valence electrons. The van der Waals surface area contributed by atoms with Crippen LogP contribution in [0.3, 0.4) is 0 Å². The Labute approximate surface area is 183 Å². The molecule has 2 aromatic carbocycles. The van der Waals surface area contributed by atoms with Crippen molar-refractivity contribution in [2.75, 3.05) is 24.7 Å². The van der Waals surface area contributed by atoms with Crippen LogP contribution in [-0.4, -0.2) is 40.0 Å². The van der Waals surface area contributed by atoms with Gasteiger partial charge in [-0.05, 0) is 23.3 Å². The highest BCUT2D eigenvalue weighted by Crippen LogP contribution is 2.27. The molecule has 7 nitrogen and oxygen atoms in total. The van der Waals surface area contributed by atoms with Crippen LogP contribution in [0, 0.1) is 0 Å². The number of halogens is 1. The lowest BCUT2D eigenvalue weighted by Crippen LogP contribution is -2.31. The Morgan fingerprint density at radius 2 is 1.90 bits per heavy atom. The Balaban J connectivity index is 1.45. The smallest absolute Gasteiger partial charge is 0.312 e. The summed E-state index contributed by atoms with van der Waals surface area (Å²) in [5.74, 6) is 0.940. The van der Waals surface area contributed by atoms with Crippen LogP contribution in [0.4, 0.5) is 6.01 Å². The number of rotatable bonds is 8. The first-order valence-electron chi connectivity index (χ1n) is 9.48. The third kappa shape index (κ3) is 5.13. The second-order valence-corrected chi connectivity index (χ2v) is 8.40. The van der Waals surface area contributed by atoms with Crippen LogP contribution in [0.15, 0.2) is 57.8 Å². The van der Waals surface area contributed by atoms with Gasteiger partial charge in [-0.25, -0.2) is 0 Å². The monoisotopic (exact) mass is 444 g/mol. The number of carbonyl (C=O) groups excluding carboxylic acids is 1. The lowest BCUT2D eigenvalue weighted by molar-refractivity contribution is -0.129. The van der Waals surface area contributed by atoms with E-state index in [0.717, 1.165) is 23.7 Å². The topological polar surface area (TPSA) is 94.5 Å². The maximum Gasteiger partial charge on any atom is 0.312 e. The van der Waals surface area contributed by atoms with Crippen molar-refractivity contribution in [1.82, 2.24) is 15.1 Å². The van der Waals surface area contributed by atoms with E-state index >= 15 is 0 Å².